The van der Waals surface area contributed by atoms with E-state index >= 15 is 0 Å². The quantitative estimate of drug-likeness (QED) is 0.727. The van der Waals surface area contributed by atoms with Crippen molar-refractivity contribution in [2.75, 3.05) is 13.2 Å². The Hall–Kier alpha value is -1.10. The number of hydrogen-bond donors (Lipinski definition) is 2. The minimum absolute atomic E-state index is 0.0773. The maximum absolute atomic E-state index is 11.4. The summed E-state index contributed by atoms with van der Waals surface area (Å²) in [6.07, 6.45) is 0.268. The molecule has 1 aromatic rings. The number of ether oxygens (including phenoxy) is 1. The van der Waals surface area contributed by atoms with Crippen molar-refractivity contribution in [2.45, 2.75) is 13.0 Å². The van der Waals surface area contributed by atoms with Crippen molar-refractivity contribution in [3.8, 4) is 11.8 Å². The smallest absolute Gasteiger partial charge is 0.257 e. The lowest BCUT2D eigenvalue weighted by Gasteiger charge is -2.11. The van der Waals surface area contributed by atoms with Crippen LogP contribution in [0.1, 0.15) is 12.0 Å². The number of nitrogens with one attached hydrogen (secondary N) is 1. The maximum Gasteiger partial charge on any atom is 0.257 e. The fraction of sp³-hybridized carbons (Fsp3) is 0.333. The van der Waals surface area contributed by atoms with Crippen LogP contribution in [0.5, 0.6) is 5.75 Å². The van der Waals surface area contributed by atoms with Crippen LogP contribution < -0.4 is 10.1 Å². The summed E-state index contributed by atoms with van der Waals surface area (Å²) in [5.74, 6) is 0.202. The zero-order chi connectivity index (χ0) is 14.3. The van der Waals surface area contributed by atoms with Crippen molar-refractivity contribution < 1.29 is 14.6 Å². The van der Waals surface area contributed by atoms with E-state index in [9.17, 15) is 4.79 Å². The zero-order valence-corrected chi connectivity index (χ0v) is 13.1. The Morgan fingerprint density at radius 1 is 1.42 bits per heavy atom. The van der Waals surface area contributed by atoms with Crippen molar-refractivity contribution in [1.82, 2.24) is 5.32 Å². The van der Waals surface area contributed by atoms with Crippen molar-refractivity contribution in [3.05, 3.63) is 26.6 Å². The Balaban J connectivity index is 2.58. The van der Waals surface area contributed by atoms with Gasteiger partial charge in [-0.05, 0) is 49.6 Å². The first-order valence-electron chi connectivity index (χ1n) is 5.43. The molecule has 5 nitrogen and oxygen atoms in total. The van der Waals surface area contributed by atoms with Gasteiger partial charge in [0, 0.05) is 6.54 Å². The number of aliphatic hydroxyl groups is 1. The van der Waals surface area contributed by atoms with Gasteiger partial charge in [0.15, 0.2) is 6.61 Å². The molecule has 0 radical (unpaired) electrons. The topological polar surface area (TPSA) is 82.4 Å². The van der Waals surface area contributed by atoms with Gasteiger partial charge in [0.05, 0.1) is 28.0 Å². The van der Waals surface area contributed by atoms with E-state index in [0.717, 1.165) is 5.56 Å². The monoisotopic (exact) mass is 390 g/mol. The first-order chi connectivity index (χ1) is 9.08. The highest BCUT2D eigenvalue weighted by Crippen LogP contribution is 2.34. The van der Waals surface area contributed by atoms with Gasteiger partial charge in [0.25, 0.3) is 5.91 Å². The lowest BCUT2D eigenvalue weighted by molar-refractivity contribution is -0.123. The molecule has 0 heterocycles. The van der Waals surface area contributed by atoms with Crippen LogP contribution in [0.2, 0.25) is 0 Å². The lowest BCUT2D eigenvalue weighted by atomic mass is 10.2. The number of nitrogens with zero attached hydrogens (tertiary/aromatic N) is 1. The number of halogens is 2. The molecule has 2 N–H and O–H groups in total. The van der Waals surface area contributed by atoms with E-state index in [-0.39, 0.29) is 25.5 Å². The minimum Gasteiger partial charge on any atom is -0.481 e. The number of benzene rings is 1. The molecule has 0 bridgehead atoms. The molecule has 7 heteroatoms. The first kappa shape index (κ1) is 16.0. The largest absolute Gasteiger partial charge is 0.481 e. The zero-order valence-electron chi connectivity index (χ0n) is 9.95. The van der Waals surface area contributed by atoms with Crippen molar-refractivity contribution in [3.63, 3.8) is 0 Å². The summed E-state index contributed by atoms with van der Waals surface area (Å²) in [6.45, 7) is 0.0949. The molecular weight excluding hydrogens is 380 g/mol. The Bertz CT molecular complexity index is 477. The molecule has 0 aromatic heterocycles. The fourth-order valence-electron chi connectivity index (χ4n) is 1.29. The molecule has 0 aliphatic carbocycles. The van der Waals surface area contributed by atoms with E-state index in [4.69, 9.17) is 15.1 Å². The average Bonchev–Trinajstić information content (AvgIpc) is 2.37. The first-order valence-corrected chi connectivity index (χ1v) is 7.02. The predicted octanol–water partition coefficient (Wildman–Crippen LogP) is 2.11. The van der Waals surface area contributed by atoms with Gasteiger partial charge in [-0.25, -0.2) is 0 Å². The van der Waals surface area contributed by atoms with E-state index in [2.05, 4.69) is 37.2 Å². The van der Waals surface area contributed by atoms with Gasteiger partial charge in [-0.1, -0.05) is 0 Å². The number of rotatable bonds is 6. The van der Waals surface area contributed by atoms with E-state index in [1.165, 1.54) is 0 Å². The second kappa shape index (κ2) is 8.15. The number of nitriles is 1. The van der Waals surface area contributed by atoms with E-state index in [0.29, 0.717) is 21.2 Å². The molecule has 0 saturated carbocycles. The molecule has 1 rings (SSSR count). The van der Waals surface area contributed by atoms with Crippen LogP contribution in [0.3, 0.4) is 0 Å². The number of amides is 1. The van der Waals surface area contributed by atoms with Gasteiger partial charge in [-0.2, -0.15) is 5.26 Å². The highest BCUT2D eigenvalue weighted by Gasteiger charge is 2.10. The molecule has 0 fully saturated rings. The summed E-state index contributed by atoms with van der Waals surface area (Å²) in [7, 11) is 0. The Kier molecular flexibility index (Phi) is 6.84. The third kappa shape index (κ3) is 5.19. The van der Waals surface area contributed by atoms with Gasteiger partial charge < -0.3 is 15.2 Å². The minimum atomic E-state index is -0.291. The third-order valence-corrected chi connectivity index (χ3v) is 3.33. The average molecular weight is 392 g/mol. The van der Waals surface area contributed by atoms with Crippen LogP contribution in [0.4, 0.5) is 0 Å². The standard InChI is InChI=1S/C12H12Br2N2O3/c13-9-4-8(6-17)5-10(14)12(9)19-7-11(18)16-3-1-2-15/h4-5,17H,1,3,6-7H2,(H,16,18). The number of carbonyl (C=O) groups is 1. The fourth-order valence-corrected chi connectivity index (χ4v) is 2.80. The van der Waals surface area contributed by atoms with Gasteiger partial charge in [0.2, 0.25) is 0 Å². The third-order valence-electron chi connectivity index (χ3n) is 2.15. The van der Waals surface area contributed by atoms with Crippen molar-refractivity contribution in [1.29, 1.82) is 5.26 Å². The predicted molar refractivity (Wildman–Crippen MR) is 76.5 cm³/mol. The molecule has 0 spiro atoms. The van der Waals surface area contributed by atoms with Crippen molar-refractivity contribution in [2.24, 2.45) is 0 Å². The van der Waals surface area contributed by atoms with Gasteiger partial charge in [-0.3, -0.25) is 4.79 Å². The molecule has 0 aliphatic rings. The van der Waals surface area contributed by atoms with Crippen LogP contribution >= 0.6 is 31.9 Å². The molecular formula is C12H12Br2N2O3. The Labute approximate surface area is 127 Å². The molecule has 0 atom stereocenters. The summed E-state index contributed by atoms with van der Waals surface area (Å²) < 4.78 is 6.69. The van der Waals surface area contributed by atoms with Crippen LogP contribution in [-0.4, -0.2) is 24.2 Å². The van der Waals surface area contributed by atoms with Crippen molar-refractivity contribution >= 4 is 37.8 Å². The van der Waals surface area contributed by atoms with Crippen LogP contribution in [0.25, 0.3) is 0 Å². The van der Waals surface area contributed by atoms with Gasteiger partial charge in [0.1, 0.15) is 5.75 Å². The van der Waals surface area contributed by atoms with Gasteiger partial charge >= 0.3 is 0 Å². The number of carbonyl (C=O) groups excluding carboxylic acids is 1. The second-order valence-electron chi connectivity index (χ2n) is 3.59. The normalized spacial score (nSPS) is 9.79. The molecule has 19 heavy (non-hydrogen) atoms. The summed E-state index contributed by atoms with van der Waals surface area (Å²) in [5.41, 5.74) is 0.726. The molecule has 0 saturated heterocycles. The summed E-state index contributed by atoms with van der Waals surface area (Å²) in [6, 6.07) is 5.37. The Morgan fingerprint density at radius 3 is 2.58 bits per heavy atom. The number of hydrogen-bond acceptors (Lipinski definition) is 4. The van der Waals surface area contributed by atoms with Crippen LogP contribution in [-0.2, 0) is 11.4 Å². The maximum atomic E-state index is 11.4. The summed E-state index contributed by atoms with van der Waals surface area (Å²) in [5, 5.41) is 19.9. The highest BCUT2D eigenvalue weighted by molar-refractivity contribution is 9.11. The lowest BCUT2D eigenvalue weighted by Crippen LogP contribution is -2.29. The summed E-state index contributed by atoms with van der Waals surface area (Å²) in [4.78, 5) is 11.4. The molecule has 1 amide bonds. The molecule has 1 aromatic carbocycles. The van der Waals surface area contributed by atoms with Crippen LogP contribution in [0, 0.1) is 11.3 Å². The molecule has 0 aliphatic heterocycles. The highest BCUT2D eigenvalue weighted by atomic mass is 79.9. The summed E-state index contributed by atoms with van der Waals surface area (Å²) >= 11 is 6.62. The second-order valence-corrected chi connectivity index (χ2v) is 5.30. The Morgan fingerprint density at radius 2 is 2.05 bits per heavy atom. The van der Waals surface area contributed by atoms with E-state index in [1.54, 1.807) is 12.1 Å². The van der Waals surface area contributed by atoms with E-state index in [1.807, 2.05) is 6.07 Å². The molecule has 0 unspecified atom stereocenters. The van der Waals surface area contributed by atoms with Crippen LogP contribution in [0.15, 0.2) is 21.1 Å². The van der Waals surface area contributed by atoms with E-state index < -0.39 is 0 Å². The molecule has 102 valence electrons. The SMILES string of the molecule is N#CCCNC(=O)COc1c(Br)cc(CO)cc1Br. The van der Waals surface area contributed by atoms with Gasteiger partial charge in [-0.15, -0.1) is 0 Å². The number of aliphatic hydroxyl groups excluding tert-OH is 1.